The maximum atomic E-state index is 13.2. The van der Waals surface area contributed by atoms with Gasteiger partial charge in [-0.3, -0.25) is 33.9 Å². The van der Waals surface area contributed by atoms with Crippen LogP contribution < -0.4 is 23.7 Å². The Labute approximate surface area is 674 Å². The van der Waals surface area contributed by atoms with Gasteiger partial charge in [0.2, 0.25) is 0 Å². The molecule has 0 spiro atoms. The predicted octanol–water partition coefficient (Wildman–Crippen LogP) is 14.3. The van der Waals surface area contributed by atoms with Crippen molar-refractivity contribution < 1.29 is 75.7 Å². The van der Waals surface area contributed by atoms with Crippen molar-refractivity contribution in [1.82, 2.24) is 49.8 Å². The predicted molar refractivity (Wildman–Crippen MR) is 427 cm³/mol. The lowest BCUT2D eigenvalue weighted by atomic mass is 10.1. The van der Waals surface area contributed by atoms with Crippen molar-refractivity contribution in [3.63, 3.8) is 0 Å². The molecule has 0 amide bonds. The summed E-state index contributed by atoms with van der Waals surface area (Å²) >= 11 is 4.31. The number of ketones is 5. The van der Waals surface area contributed by atoms with Crippen molar-refractivity contribution in [3.8, 4) is 28.7 Å². The summed E-state index contributed by atoms with van der Waals surface area (Å²) in [5.74, 6) is 3.00. The van der Waals surface area contributed by atoms with Gasteiger partial charge in [-0.05, 0) is 85.6 Å². The quantitative estimate of drug-likeness (QED) is 0.0432. The molecule has 0 saturated carbocycles. The van der Waals surface area contributed by atoms with E-state index in [1.54, 1.807) is 54.2 Å². The number of hydrogen-bond acceptors (Lipinski definition) is 28. The Balaban J connectivity index is 0.000000141. The Morgan fingerprint density at radius 1 is 0.395 bits per heavy atom. The molecule has 600 valence electrons. The summed E-state index contributed by atoms with van der Waals surface area (Å²) < 4.78 is 69.1. The van der Waals surface area contributed by atoms with E-state index in [2.05, 4.69) is 56.8 Å². The number of pyridine rings is 7. The number of aryl methyl sites for hydroxylation is 8. The molecule has 15 heterocycles. The lowest BCUT2D eigenvalue weighted by Gasteiger charge is -2.13. The minimum atomic E-state index is -1.13. The first-order valence-electron chi connectivity index (χ1n) is 38.1. The van der Waals surface area contributed by atoms with Gasteiger partial charge in [0.15, 0.2) is 28.9 Å². The van der Waals surface area contributed by atoms with Gasteiger partial charge in [-0.15, -0.1) is 34.0 Å². The minimum Gasteiger partial charge on any atom is -0.488 e. The number of halogens is 1. The second-order valence-electron chi connectivity index (χ2n) is 28.1. The van der Waals surface area contributed by atoms with E-state index >= 15 is 0 Å². The first-order chi connectivity index (χ1) is 55.0. The van der Waals surface area contributed by atoms with Crippen LogP contribution in [0, 0.1) is 48.5 Å². The summed E-state index contributed by atoms with van der Waals surface area (Å²) in [4.78, 5) is 105. The highest BCUT2D eigenvalue weighted by molar-refractivity contribution is 7.10. The monoisotopic (exact) mass is 1610 g/mol. The van der Waals surface area contributed by atoms with Crippen LogP contribution in [-0.4, -0.2) is 175 Å². The SMILES string of the molecule is CCc1csc(CC(=O)c2cc(O[C@@H]3CCOC3)cc(C)n2)n1.Cc1cc(O[C@@H]2CCOC2)cc(C(=O)Cc2ccccn2)n1.Cc1cc(O[C@@H]2CCOC2)cc(C(=O)Cc2nc(C(C)F)cs2)n1.Cc1cc(O[C@@H]2CCOC2)cc(C(=O)Cc2nc(C)cs2)n1.Cc1ccc(CC(=O)c2cc(O[C@@H]3CCOC3)cc(C)n2)nc1. The van der Waals surface area contributed by atoms with Crippen molar-refractivity contribution >= 4 is 62.9 Å². The Kier molecular flexibility index (Phi) is 31.6. The third-order valence-electron chi connectivity index (χ3n) is 17.9. The van der Waals surface area contributed by atoms with E-state index in [4.69, 9.17) is 47.4 Å². The van der Waals surface area contributed by atoms with Crippen molar-refractivity contribution in [2.45, 2.75) is 170 Å². The molecule has 0 radical (unpaired) electrons. The van der Waals surface area contributed by atoms with Crippen LogP contribution in [0.5, 0.6) is 28.7 Å². The summed E-state index contributed by atoms with van der Waals surface area (Å²) in [7, 11) is 0. The topological polar surface area (TPSA) is 307 Å². The van der Waals surface area contributed by atoms with Crippen LogP contribution in [0.3, 0.4) is 0 Å². The number of carbonyl (C=O) groups is 5. The van der Waals surface area contributed by atoms with Crippen LogP contribution in [0.4, 0.5) is 4.39 Å². The number of rotatable bonds is 27. The highest BCUT2D eigenvalue weighted by atomic mass is 32.1. The maximum Gasteiger partial charge on any atom is 0.188 e. The molecular formula is C85H95FN10O15S3. The third-order valence-corrected chi connectivity index (χ3v) is 20.7. The number of alkyl halides is 1. The molecule has 10 aromatic heterocycles. The molecule has 5 fully saturated rings. The Bertz CT molecular complexity index is 4840. The van der Waals surface area contributed by atoms with E-state index < -0.39 is 6.17 Å². The molecule has 10 aromatic rings. The summed E-state index contributed by atoms with van der Waals surface area (Å²) in [5.41, 5.74) is 10.7. The zero-order valence-electron chi connectivity index (χ0n) is 65.6. The van der Waals surface area contributed by atoms with Gasteiger partial charge < -0.3 is 47.4 Å². The lowest BCUT2D eigenvalue weighted by molar-refractivity contribution is 0.0977. The molecule has 0 aliphatic carbocycles. The van der Waals surface area contributed by atoms with Gasteiger partial charge in [0.1, 0.15) is 109 Å². The lowest BCUT2D eigenvalue weighted by Crippen LogP contribution is -2.16. The molecule has 29 heteroatoms. The maximum absolute atomic E-state index is 13.2. The molecule has 5 saturated heterocycles. The Hall–Kier alpha value is -9.98. The Morgan fingerprint density at radius 3 is 1.03 bits per heavy atom. The van der Waals surface area contributed by atoms with Gasteiger partial charge in [-0.25, -0.2) is 44.3 Å². The Morgan fingerprint density at radius 2 is 0.737 bits per heavy atom. The molecule has 5 aliphatic rings. The van der Waals surface area contributed by atoms with E-state index in [1.807, 2.05) is 114 Å². The second kappa shape index (κ2) is 42.4. The summed E-state index contributed by atoms with van der Waals surface area (Å²) in [5, 5.41) is 7.83. The number of Topliss-reactive ketones (excluding diaryl/α,β-unsaturated/α-hetero) is 5. The highest BCUT2D eigenvalue weighted by Gasteiger charge is 2.26. The van der Waals surface area contributed by atoms with E-state index in [1.165, 1.54) is 40.9 Å². The molecule has 5 aliphatic heterocycles. The van der Waals surface area contributed by atoms with E-state index in [9.17, 15) is 28.4 Å². The molecule has 15 rings (SSSR count). The zero-order chi connectivity index (χ0) is 80.5. The molecular weight excluding hydrogens is 1520 g/mol. The molecule has 25 nitrogen and oxygen atoms in total. The number of carbonyl (C=O) groups excluding carboxylic acids is 5. The van der Waals surface area contributed by atoms with Crippen molar-refractivity contribution in [2.24, 2.45) is 0 Å². The molecule has 0 N–H and O–H groups in total. The minimum absolute atomic E-state index is 0.0160. The van der Waals surface area contributed by atoms with E-state index in [-0.39, 0.29) is 91.5 Å². The third kappa shape index (κ3) is 27.1. The number of hydrogen-bond donors (Lipinski definition) is 0. The fourth-order valence-electron chi connectivity index (χ4n) is 12.2. The first-order valence-corrected chi connectivity index (χ1v) is 40.7. The normalized spacial score (nSPS) is 17.6. The average molecular weight is 1610 g/mol. The molecule has 6 atom stereocenters. The fourth-order valence-corrected chi connectivity index (χ4v) is 14.7. The van der Waals surface area contributed by atoms with E-state index in [0.717, 1.165) is 126 Å². The smallest absolute Gasteiger partial charge is 0.188 e. The molecule has 0 aromatic carbocycles. The average Bonchev–Trinajstić information content (AvgIpc) is 1.39. The molecule has 1 unspecified atom stereocenters. The summed E-state index contributed by atoms with van der Waals surface area (Å²) in [6, 6.07) is 27.1. The molecule has 114 heavy (non-hydrogen) atoms. The van der Waals surface area contributed by atoms with Gasteiger partial charge in [-0.2, -0.15) is 0 Å². The van der Waals surface area contributed by atoms with E-state index in [0.29, 0.717) is 113 Å². The summed E-state index contributed by atoms with van der Waals surface area (Å²) in [6.45, 7) is 23.2. The van der Waals surface area contributed by atoms with Crippen LogP contribution in [0.1, 0.15) is 182 Å². The molecule has 0 bridgehead atoms. The largest absolute Gasteiger partial charge is 0.488 e. The number of thiazole rings is 3. The van der Waals surface area contributed by atoms with Gasteiger partial charge >= 0.3 is 0 Å². The first kappa shape index (κ1) is 84.9. The van der Waals surface area contributed by atoms with Gasteiger partial charge in [0.05, 0.1) is 110 Å². The van der Waals surface area contributed by atoms with Crippen LogP contribution >= 0.6 is 34.0 Å². The van der Waals surface area contributed by atoms with Crippen LogP contribution in [0.15, 0.2) is 120 Å². The van der Waals surface area contributed by atoms with Gasteiger partial charge in [0, 0.05) is 167 Å². The standard InChI is InChI=1S/C18H20N2O3.C17H19FN2O3S.C17H20N2O3S.C17H18N2O3.C16H18N2O3S/c1-12-3-4-14(19-10-12)8-18(21)17-9-16(7-13(2)20-17)23-15-5-6-22-11-15;1-10-5-13(23-12-3-4-22-8-12)6-14(19-10)16(21)7-17-20-15(9-24-17)11(2)18;1-3-12-10-23-17(19-12)8-16(20)15-7-14(6-11(2)18-15)22-13-4-5-21-9-13;1-12-8-15(22-14-5-7-21-11-14)10-16(19-12)17(20)9-13-4-2-3-6-18-13;1-10-5-13(21-12-3-4-20-8-12)6-14(17-10)15(19)7-16-18-11(2)9-22-16/h3-4,7,9-10,15H,5-6,8,11H2,1-2H3;5-6,9,11-12H,3-4,7-8H2,1-2H3;6-7,10,13H,3-5,8-9H2,1-2H3;2-4,6,8,10,14H,5,7,9,11H2,1H3;5-6,9,12H,3-4,7-8H2,1-2H3/t15-;11?,12-;13-;14-;12-/m11111/s1. The van der Waals surface area contributed by atoms with Crippen molar-refractivity contribution in [3.05, 3.63) is 226 Å². The van der Waals surface area contributed by atoms with Crippen molar-refractivity contribution in [1.29, 1.82) is 0 Å². The second-order valence-corrected chi connectivity index (χ2v) is 30.9. The zero-order valence-corrected chi connectivity index (χ0v) is 68.0. The number of ether oxygens (including phenoxy) is 10. The summed E-state index contributed by atoms with van der Waals surface area (Å²) in [6.07, 6.45) is 8.95. The highest BCUT2D eigenvalue weighted by Crippen LogP contribution is 2.28. The fraction of sp³-hybridized carbons (Fsp3) is 0.424. The van der Waals surface area contributed by atoms with Crippen molar-refractivity contribution in [2.75, 3.05) is 66.1 Å². The van der Waals surface area contributed by atoms with Gasteiger partial charge in [0.25, 0.3) is 0 Å². The van der Waals surface area contributed by atoms with Crippen LogP contribution in [-0.2, 0) is 62.2 Å². The van der Waals surface area contributed by atoms with Crippen LogP contribution in [0.2, 0.25) is 0 Å². The number of aromatic nitrogens is 10. The van der Waals surface area contributed by atoms with Crippen LogP contribution in [0.25, 0.3) is 0 Å². The van der Waals surface area contributed by atoms with Gasteiger partial charge in [-0.1, -0.05) is 19.1 Å². The number of nitrogens with zero attached hydrogens (tertiary/aromatic N) is 10.